The van der Waals surface area contributed by atoms with Crippen molar-refractivity contribution >= 4 is 0 Å². The fourth-order valence-electron chi connectivity index (χ4n) is 2.21. The monoisotopic (exact) mass is 273 g/mol. The van der Waals surface area contributed by atoms with Gasteiger partial charge >= 0.3 is 0 Å². The first-order chi connectivity index (χ1) is 9.74. The Labute approximate surface area is 120 Å². The SMILES string of the molecule is CCCNC(c1cccc(OCC)c1)c1cn(C)cn1. The summed E-state index contributed by atoms with van der Waals surface area (Å²) in [4.78, 5) is 4.48. The van der Waals surface area contributed by atoms with Gasteiger partial charge in [0.15, 0.2) is 0 Å². The molecule has 1 aromatic heterocycles. The fourth-order valence-corrected chi connectivity index (χ4v) is 2.21. The largest absolute Gasteiger partial charge is 0.494 e. The van der Waals surface area contributed by atoms with E-state index in [0.29, 0.717) is 6.61 Å². The van der Waals surface area contributed by atoms with Crippen molar-refractivity contribution in [1.82, 2.24) is 14.9 Å². The maximum Gasteiger partial charge on any atom is 0.119 e. The van der Waals surface area contributed by atoms with Crippen LogP contribution in [0.2, 0.25) is 0 Å². The molecule has 4 heteroatoms. The normalized spacial score (nSPS) is 12.3. The Balaban J connectivity index is 2.28. The molecule has 0 saturated heterocycles. The van der Waals surface area contributed by atoms with Crippen LogP contribution in [0, 0.1) is 0 Å². The van der Waals surface area contributed by atoms with Crippen molar-refractivity contribution in [1.29, 1.82) is 0 Å². The molecule has 1 unspecified atom stereocenters. The zero-order chi connectivity index (χ0) is 14.4. The van der Waals surface area contributed by atoms with E-state index in [1.807, 2.05) is 37.0 Å². The molecule has 1 atom stereocenters. The third-order valence-corrected chi connectivity index (χ3v) is 3.12. The Hall–Kier alpha value is -1.81. The fraction of sp³-hybridized carbons (Fsp3) is 0.438. The summed E-state index contributed by atoms with van der Waals surface area (Å²) >= 11 is 0. The Morgan fingerprint density at radius 1 is 1.35 bits per heavy atom. The number of aryl methyl sites for hydroxylation is 1. The molecule has 2 rings (SSSR count). The summed E-state index contributed by atoms with van der Waals surface area (Å²) in [5.74, 6) is 0.907. The topological polar surface area (TPSA) is 39.1 Å². The Morgan fingerprint density at radius 2 is 2.20 bits per heavy atom. The van der Waals surface area contributed by atoms with Crippen LogP contribution in [0.4, 0.5) is 0 Å². The van der Waals surface area contributed by atoms with Crippen molar-refractivity contribution in [3.8, 4) is 5.75 Å². The van der Waals surface area contributed by atoms with E-state index in [4.69, 9.17) is 4.74 Å². The number of hydrogen-bond acceptors (Lipinski definition) is 3. The lowest BCUT2D eigenvalue weighted by molar-refractivity contribution is 0.339. The molecule has 0 bridgehead atoms. The average molecular weight is 273 g/mol. The zero-order valence-corrected chi connectivity index (χ0v) is 12.5. The first-order valence-electron chi connectivity index (χ1n) is 7.18. The molecule has 0 spiro atoms. The number of aromatic nitrogens is 2. The van der Waals surface area contributed by atoms with Gasteiger partial charge in [0.25, 0.3) is 0 Å². The Kier molecular flexibility index (Phi) is 5.18. The van der Waals surface area contributed by atoms with Crippen LogP contribution in [-0.4, -0.2) is 22.7 Å². The molecule has 0 aliphatic heterocycles. The van der Waals surface area contributed by atoms with E-state index in [1.54, 1.807) is 0 Å². The Bertz CT molecular complexity index is 536. The zero-order valence-electron chi connectivity index (χ0n) is 12.5. The number of rotatable bonds is 7. The van der Waals surface area contributed by atoms with Gasteiger partial charge in [0.1, 0.15) is 5.75 Å². The molecule has 0 aliphatic carbocycles. The van der Waals surface area contributed by atoms with Crippen LogP contribution in [0.1, 0.15) is 37.6 Å². The van der Waals surface area contributed by atoms with E-state index >= 15 is 0 Å². The quantitative estimate of drug-likeness (QED) is 0.843. The smallest absolute Gasteiger partial charge is 0.119 e. The highest BCUT2D eigenvalue weighted by Gasteiger charge is 2.16. The summed E-state index contributed by atoms with van der Waals surface area (Å²) in [6.07, 6.45) is 4.98. The maximum absolute atomic E-state index is 5.59. The predicted octanol–water partition coefficient (Wildman–Crippen LogP) is 2.91. The van der Waals surface area contributed by atoms with Crippen LogP contribution in [-0.2, 0) is 7.05 Å². The number of imidazole rings is 1. The van der Waals surface area contributed by atoms with Crippen molar-refractivity contribution in [2.24, 2.45) is 7.05 Å². The first kappa shape index (κ1) is 14.6. The second kappa shape index (κ2) is 7.10. The predicted molar refractivity (Wildman–Crippen MR) is 81.0 cm³/mol. The van der Waals surface area contributed by atoms with E-state index < -0.39 is 0 Å². The molecular weight excluding hydrogens is 250 g/mol. The number of nitrogens with one attached hydrogen (secondary N) is 1. The lowest BCUT2D eigenvalue weighted by atomic mass is 10.0. The minimum Gasteiger partial charge on any atom is -0.494 e. The molecule has 0 radical (unpaired) electrons. The van der Waals surface area contributed by atoms with E-state index in [0.717, 1.165) is 24.4 Å². The van der Waals surface area contributed by atoms with E-state index in [1.165, 1.54) is 5.56 Å². The Morgan fingerprint density at radius 3 is 2.85 bits per heavy atom. The molecule has 20 heavy (non-hydrogen) atoms. The van der Waals surface area contributed by atoms with Crippen molar-refractivity contribution < 1.29 is 4.74 Å². The van der Waals surface area contributed by atoms with E-state index in [9.17, 15) is 0 Å². The van der Waals surface area contributed by atoms with Crippen LogP contribution in [0.5, 0.6) is 5.75 Å². The summed E-state index contributed by atoms with van der Waals surface area (Å²) in [6, 6.07) is 8.33. The highest BCUT2D eigenvalue weighted by molar-refractivity contribution is 5.34. The lowest BCUT2D eigenvalue weighted by Crippen LogP contribution is -2.23. The molecule has 2 aromatic rings. The average Bonchev–Trinajstić information content (AvgIpc) is 2.87. The van der Waals surface area contributed by atoms with Gasteiger partial charge in [-0.2, -0.15) is 0 Å². The second-order valence-corrected chi connectivity index (χ2v) is 4.86. The molecule has 0 aliphatic rings. The molecule has 1 N–H and O–H groups in total. The summed E-state index contributed by atoms with van der Waals surface area (Å²) in [5.41, 5.74) is 2.22. The first-order valence-corrected chi connectivity index (χ1v) is 7.18. The molecule has 1 aromatic carbocycles. The summed E-state index contributed by atoms with van der Waals surface area (Å²) in [6.45, 7) is 5.80. The summed E-state index contributed by atoms with van der Waals surface area (Å²) in [5, 5.41) is 3.55. The van der Waals surface area contributed by atoms with Crippen LogP contribution >= 0.6 is 0 Å². The van der Waals surface area contributed by atoms with Crippen molar-refractivity contribution in [3.63, 3.8) is 0 Å². The third kappa shape index (κ3) is 3.61. The van der Waals surface area contributed by atoms with Gasteiger partial charge in [-0.15, -0.1) is 0 Å². The van der Waals surface area contributed by atoms with Gasteiger partial charge in [0.2, 0.25) is 0 Å². The van der Waals surface area contributed by atoms with Gasteiger partial charge < -0.3 is 14.6 Å². The second-order valence-electron chi connectivity index (χ2n) is 4.86. The summed E-state index contributed by atoms with van der Waals surface area (Å²) < 4.78 is 7.56. The molecule has 1 heterocycles. The lowest BCUT2D eigenvalue weighted by Gasteiger charge is -2.18. The van der Waals surface area contributed by atoms with Crippen molar-refractivity contribution in [3.05, 3.63) is 48.0 Å². The summed E-state index contributed by atoms with van der Waals surface area (Å²) in [7, 11) is 1.99. The number of ether oxygens (including phenoxy) is 1. The highest BCUT2D eigenvalue weighted by atomic mass is 16.5. The van der Waals surface area contributed by atoms with Gasteiger partial charge in [-0.3, -0.25) is 0 Å². The highest BCUT2D eigenvalue weighted by Crippen LogP contribution is 2.24. The van der Waals surface area contributed by atoms with Crippen LogP contribution < -0.4 is 10.1 Å². The molecular formula is C16H23N3O. The van der Waals surface area contributed by atoms with E-state index in [2.05, 4.69) is 35.6 Å². The van der Waals surface area contributed by atoms with Crippen molar-refractivity contribution in [2.75, 3.05) is 13.2 Å². The van der Waals surface area contributed by atoms with Crippen molar-refractivity contribution in [2.45, 2.75) is 26.3 Å². The van der Waals surface area contributed by atoms with Crippen LogP contribution in [0.15, 0.2) is 36.8 Å². The van der Waals surface area contributed by atoms with Crippen LogP contribution in [0.3, 0.4) is 0 Å². The number of hydrogen-bond donors (Lipinski definition) is 1. The molecule has 108 valence electrons. The molecule has 4 nitrogen and oxygen atoms in total. The number of nitrogens with zero attached hydrogens (tertiary/aromatic N) is 2. The molecule has 0 saturated carbocycles. The third-order valence-electron chi connectivity index (χ3n) is 3.12. The minimum atomic E-state index is 0.108. The van der Waals surface area contributed by atoms with Gasteiger partial charge in [-0.1, -0.05) is 19.1 Å². The minimum absolute atomic E-state index is 0.108. The van der Waals surface area contributed by atoms with E-state index in [-0.39, 0.29) is 6.04 Å². The van der Waals surface area contributed by atoms with Gasteiger partial charge in [-0.05, 0) is 37.6 Å². The van der Waals surface area contributed by atoms with Gasteiger partial charge in [-0.25, -0.2) is 4.98 Å². The van der Waals surface area contributed by atoms with Gasteiger partial charge in [0.05, 0.1) is 24.7 Å². The number of benzene rings is 1. The maximum atomic E-state index is 5.59. The standard InChI is InChI=1S/C16H23N3O/c1-4-9-17-16(15-11-19(3)12-18-15)13-7-6-8-14(10-13)20-5-2/h6-8,10-12,16-17H,4-5,9H2,1-3H3. The molecule has 0 fully saturated rings. The van der Waals surface area contributed by atoms with Crippen LogP contribution in [0.25, 0.3) is 0 Å². The molecule has 0 amide bonds. The van der Waals surface area contributed by atoms with Gasteiger partial charge in [0, 0.05) is 13.2 Å².